The van der Waals surface area contributed by atoms with E-state index in [4.69, 9.17) is 4.74 Å². The maximum absolute atomic E-state index is 13.2. The summed E-state index contributed by atoms with van der Waals surface area (Å²) < 4.78 is 5.60. The van der Waals surface area contributed by atoms with Gasteiger partial charge in [0.05, 0.1) is 18.6 Å². The van der Waals surface area contributed by atoms with Crippen LogP contribution in [0.25, 0.3) is 0 Å². The smallest absolute Gasteiger partial charge is 0.228 e. The van der Waals surface area contributed by atoms with Gasteiger partial charge in [-0.15, -0.1) is 0 Å². The van der Waals surface area contributed by atoms with Crippen molar-refractivity contribution in [2.75, 3.05) is 39.3 Å². The monoisotopic (exact) mass is 433 g/mol. The molecular weight excluding hydrogens is 402 g/mol. The van der Waals surface area contributed by atoms with E-state index in [1.165, 1.54) is 11.1 Å². The molecule has 3 aliphatic heterocycles. The van der Waals surface area contributed by atoms with Crippen LogP contribution in [0.15, 0.2) is 48.5 Å². The van der Waals surface area contributed by atoms with E-state index >= 15 is 0 Å². The third-order valence-corrected chi connectivity index (χ3v) is 7.10. The quantitative estimate of drug-likeness (QED) is 0.728. The number of carbonyl (C=O) groups excluding carboxylic acids is 2. The lowest BCUT2D eigenvalue weighted by atomic mass is 10.1. The molecule has 168 valence electrons. The Hall–Kier alpha value is -2.86. The molecule has 0 radical (unpaired) electrons. The Morgan fingerprint density at radius 3 is 2.66 bits per heavy atom. The molecule has 6 heteroatoms. The van der Waals surface area contributed by atoms with Crippen molar-refractivity contribution < 1.29 is 14.3 Å². The van der Waals surface area contributed by atoms with Crippen molar-refractivity contribution in [3.63, 3.8) is 0 Å². The molecule has 2 aromatic carbocycles. The molecule has 0 aliphatic carbocycles. The SMILES string of the molecule is C[C@@H](c1ccccc1)N1C[C@@H](C(=O)N2CCN(Cc3ccc4c(c3)CCO4)CC2)CC1=O. The zero-order valence-electron chi connectivity index (χ0n) is 18.7. The minimum Gasteiger partial charge on any atom is -0.493 e. The topological polar surface area (TPSA) is 53.1 Å². The fourth-order valence-electron chi connectivity index (χ4n) is 5.16. The first kappa shape index (κ1) is 21.0. The number of hydrogen-bond acceptors (Lipinski definition) is 4. The summed E-state index contributed by atoms with van der Waals surface area (Å²) in [5.74, 6) is 1.01. The molecule has 0 spiro atoms. The van der Waals surface area contributed by atoms with Crippen LogP contribution in [0, 0.1) is 5.92 Å². The number of fused-ring (bicyclic) bond motifs is 1. The second kappa shape index (κ2) is 8.94. The lowest BCUT2D eigenvalue weighted by Gasteiger charge is -2.36. The third-order valence-electron chi connectivity index (χ3n) is 7.10. The highest BCUT2D eigenvalue weighted by Crippen LogP contribution is 2.30. The van der Waals surface area contributed by atoms with Crippen molar-refractivity contribution in [3.8, 4) is 5.75 Å². The van der Waals surface area contributed by atoms with Crippen LogP contribution in [0.4, 0.5) is 0 Å². The molecule has 3 aliphatic rings. The minimum absolute atomic E-state index is 0.00364. The summed E-state index contributed by atoms with van der Waals surface area (Å²) in [7, 11) is 0. The van der Waals surface area contributed by atoms with Gasteiger partial charge >= 0.3 is 0 Å². The molecular formula is C26H31N3O3. The van der Waals surface area contributed by atoms with Gasteiger partial charge in [-0.1, -0.05) is 42.5 Å². The highest BCUT2D eigenvalue weighted by atomic mass is 16.5. The maximum atomic E-state index is 13.2. The average molecular weight is 434 g/mol. The molecule has 32 heavy (non-hydrogen) atoms. The number of piperazine rings is 1. The number of ether oxygens (including phenoxy) is 1. The molecule has 6 nitrogen and oxygen atoms in total. The van der Waals surface area contributed by atoms with Crippen LogP contribution in [-0.2, 0) is 22.6 Å². The lowest BCUT2D eigenvalue weighted by Crippen LogP contribution is -2.50. The summed E-state index contributed by atoms with van der Waals surface area (Å²) in [4.78, 5) is 32.1. The Morgan fingerprint density at radius 1 is 1.09 bits per heavy atom. The van der Waals surface area contributed by atoms with Crippen molar-refractivity contribution in [2.24, 2.45) is 5.92 Å². The zero-order chi connectivity index (χ0) is 22.1. The van der Waals surface area contributed by atoms with E-state index in [1.54, 1.807) is 0 Å². The van der Waals surface area contributed by atoms with Gasteiger partial charge in [0.1, 0.15) is 5.75 Å². The highest BCUT2D eigenvalue weighted by molar-refractivity contribution is 5.89. The van der Waals surface area contributed by atoms with Gasteiger partial charge in [-0.2, -0.15) is 0 Å². The van der Waals surface area contributed by atoms with Crippen LogP contribution in [-0.4, -0.2) is 65.8 Å². The van der Waals surface area contributed by atoms with Gasteiger partial charge in [-0.3, -0.25) is 14.5 Å². The van der Waals surface area contributed by atoms with E-state index < -0.39 is 0 Å². The molecule has 0 aromatic heterocycles. The first-order valence-electron chi connectivity index (χ1n) is 11.7. The van der Waals surface area contributed by atoms with E-state index in [9.17, 15) is 9.59 Å². The van der Waals surface area contributed by atoms with E-state index in [2.05, 4.69) is 23.1 Å². The summed E-state index contributed by atoms with van der Waals surface area (Å²) in [6, 6.07) is 16.5. The summed E-state index contributed by atoms with van der Waals surface area (Å²) in [6.07, 6.45) is 1.32. The van der Waals surface area contributed by atoms with Gasteiger partial charge in [0.15, 0.2) is 0 Å². The van der Waals surface area contributed by atoms with E-state index in [1.807, 2.05) is 47.1 Å². The van der Waals surface area contributed by atoms with Crippen molar-refractivity contribution in [3.05, 3.63) is 65.2 Å². The number of likely N-dealkylation sites (tertiary alicyclic amines) is 1. The second-order valence-corrected chi connectivity index (χ2v) is 9.18. The number of amides is 2. The van der Waals surface area contributed by atoms with Gasteiger partial charge in [-0.25, -0.2) is 0 Å². The Kier molecular flexibility index (Phi) is 5.87. The van der Waals surface area contributed by atoms with Crippen molar-refractivity contribution in [1.29, 1.82) is 0 Å². The average Bonchev–Trinajstić information content (AvgIpc) is 3.45. The number of benzene rings is 2. The largest absolute Gasteiger partial charge is 0.493 e. The number of nitrogens with zero attached hydrogens (tertiary/aromatic N) is 3. The van der Waals surface area contributed by atoms with E-state index in [0.717, 1.165) is 57.1 Å². The Balaban J connectivity index is 1.14. The number of carbonyl (C=O) groups is 2. The molecule has 2 amide bonds. The van der Waals surface area contributed by atoms with Crippen molar-refractivity contribution >= 4 is 11.8 Å². The third kappa shape index (κ3) is 4.24. The van der Waals surface area contributed by atoms with Gasteiger partial charge in [0, 0.05) is 52.1 Å². The molecule has 3 heterocycles. The van der Waals surface area contributed by atoms with Gasteiger partial charge in [0.2, 0.25) is 11.8 Å². The van der Waals surface area contributed by atoms with E-state index in [-0.39, 0.29) is 23.8 Å². The predicted molar refractivity (Wildman–Crippen MR) is 122 cm³/mol. The summed E-state index contributed by atoms with van der Waals surface area (Å²) in [6.45, 7) is 7.44. The van der Waals surface area contributed by atoms with Crippen LogP contribution in [0.1, 0.15) is 36.1 Å². The standard InChI is InChI=1S/C26H31N3O3/c1-19(21-5-3-2-4-6-21)29-18-23(16-25(29)30)26(31)28-12-10-27(11-13-28)17-20-7-8-24-22(15-20)9-14-32-24/h2-8,15,19,23H,9-14,16-18H2,1H3/t19-,23-/m0/s1. The van der Waals surface area contributed by atoms with Gasteiger partial charge in [0.25, 0.3) is 0 Å². The van der Waals surface area contributed by atoms with Crippen LogP contribution < -0.4 is 4.74 Å². The molecule has 2 saturated heterocycles. The van der Waals surface area contributed by atoms with Gasteiger partial charge in [-0.05, 0) is 29.7 Å². The molecule has 0 bridgehead atoms. The lowest BCUT2D eigenvalue weighted by molar-refractivity contribution is -0.137. The predicted octanol–water partition coefficient (Wildman–Crippen LogP) is 2.88. The number of rotatable bonds is 5. The van der Waals surface area contributed by atoms with E-state index in [0.29, 0.717) is 13.0 Å². The van der Waals surface area contributed by atoms with Crippen LogP contribution >= 0.6 is 0 Å². The zero-order valence-corrected chi connectivity index (χ0v) is 18.7. The van der Waals surface area contributed by atoms with Crippen LogP contribution in [0.5, 0.6) is 5.75 Å². The normalized spacial score (nSPS) is 22.0. The van der Waals surface area contributed by atoms with Crippen molar-refractivity contribution in [1.82, 2.24) is 14.7 Å². The summed E-state index contributed by atoms with van der Waals surface area (Å²) >= 11 is 0. The first-order chi connectivity index (χ1) is 15.6. The Labute approximate surface area is 189 Å². The maximum Gasteiger partial charge on any atom is 0.228 e. The summed E-state index contributed by atoms with van der Waals surface area (Å²) in [5, 5.41) is 0. The molecule has 0 N–H and O–H groups in total. The first-order valence-corrected chi connectivity index (χ1v) is 11.7. The summed E-state index contributed by atoms with van der Waals surface area (Å²) in [5.41, 5.74) is 3.72. The second-order valence-electron chi connectivity index (χ2n) is 9.18. The fourth-order valence-corrected chi connectivity index (χ4v) is 5.16. The van der Waals surface area contributed by atoms with Gasteiger partial charge < -0.3 is 14.5 Å². The molecule has 2 aromatic rings. The fraction of sp³-hybridized carbons (Fsp3) is 0.462. The molecule has 2 fully saturated rings. The minimum atomic E-state index is -0.225. The molecule has 2 atom stereocenters. The molecule has 0 unspecified atom stereocenters. The Bertz CT molecular complexity index is 985. The molecule has 5 rings (SSSR count). The highest BCUT2D eigenvalue weighted by Gasteiger charge is 2.39. The Morgan fingerprint density at radius 2 is 1.88 bits per heavy atom. The molecule has 0 saturated carbocycles. The van der Waals surface area contributed by atoms with Crippen LogP contribution in [0.3, 0.4) is 0 Å². The van der Waals surface area contributed by atoms with Crippen molar-refractivity contribution in [2.45, 2.75) is 32.4 Å². The number of hydrogen-bond donors (Lipinski definition) is 0. The van der Waals surface area contributed by atoms with Crippen LogP contribution in [0.2, 0.25) is 0 Å².